The lowest BCUT2D eigenvalue weighted by Crippen LogP contribution is -2.04. The van der Waals surface area contributed by atoms with Crippen LogP contribution in [0.4, 0.5) is 17.6 Å². The summed E-state index contributed by atoms with van der Waals surface area (Å²) in [6.07, 6.45) is 6.80. The summed E-state index contributed by atoms with van der Waals surface area (Å²) in [5, 5.41) is 1.35. The van der Waals surface area contributed by atoms with E-state index in [9.17, 15) is 13.2 Å². The Morgan fingerprint density at radius 1 is 0.694 bits per heavy atom. The number of aryl methyl sites for hydroxylation is 3. The molecule has 0 bridgehead atoms. The third-order valence-corrected chi connectivity index (χ3v) is 6.54. The highest BCUT2D eigenvalue weighted by Gasteiger charge is 2.12. The molecule has 0 N–H and O–H groups in total. The van der Waals surface area contributed by atoms with Crippen molar-refractivity contribution in [2.24, 2.45) is 0 Å². The van der Waals surface area contributed by atoms with E-state index in [2.05, 4.69) is 35.9 Å². The van der Waals surface area contributed by atoms with Gasteiger partial charge in [0.25, 0.3) is 0 Å². The van der Waals surface area contributed by atoms with Gasteiger partial charge in [-0.3, -0.25) is 0 Å². The zero-order valence-corrected chi connectivity index (χ0v) is 20.4. The second-order valence-electron chi connectivity index (χ2n) is 9.13. The highest BCUT2D eigenvalue weighted by Crippen LogP contribution is 2.29. The molecule has 0 aromatic heterocycles. The Bertz CT molecular complexity index is 1300. The number of benzene rings is 4. The van der Waals surface area contributed by atoms with Gasteiger partial charge in [0.2, 0.25) is 0 Å². The Labute approximate surface area is 209 Å². The van der Waals surface area contributed by atoms with Crippen LogP contribution in [-0.2, 0) is 19.3 Å². The minimum absolute atomic E-state index is 0.292. The lowest BCUT2D eigenvalue weighted by Gasteiger charge is -2.10. The maximum absolute atomic E-state index is 15.2. The minimum Gasteiger partial charge on any atom is -0.432 e. The van der Waals surface area contributed by atoms with Crippen LogP contribution in [-0.4, -0.2) is 6.61 Å². The average Bonchev–Trinajstić information content (AvgIpc) is 2.88. The first-order valence-corrected chi connectivity index (χ1v) is 12.5. The van der Waals surface area contributed by atoms with Gasteiger partial charge in [0.1, 0.15) is 5.82 Å². The zero-order chi connectivity index (χ0) is 25.5. The van der Waals surface area contributed by atoms with Gasteiger partial charge in [0.15, 0.2) is 11.6 Å². The molecule has 0 aliphatic carbocycles. The molecule has 0 saturated carbocycles. The summed E-state index contributed by atoms with van der Waals surface area (Å²) < 4.78 is 58.0. The maximum atomic E-state index is 15.2. The van der Waals surface area contributed by atoms with Crippen LogP contribution in [0.5, 0.6) is 5.75 Å². The van der Waals surface area contributed by atoms with Crippen molar-refractivity contribution in [3.05, 3.63) is 101 Å². The molecule has 0 unspecified atom stereocenters. The molecule has 5 heteroatoms. The number of hydrogen-bond donors (Lipinski definition) is 0. The standard InChI is InChI=1S/C31H30F4O/c1-2-3-4-5-6-21-7-11-23(12-8-21)25-16-17-27-26(20-25)15-14-24(30(27)33)13-9-22-10-18-29(28(32)19-22)36-31(34)35/h7-8,10-12,14-20,31H,2-6,9,13H2,1H3. The molecule has 4 aromatic rings. The van der Waals surface area contributed by atoms with Gasteiger partial charge >= 0.3 is 6.61 Å². The second-order valence-corrected chi connectivity index (χ2v) is 9.13. The predicted molar refractivity (Wildman–Crippen MR) is 138 cm³/mol. The Kier molecular flexibility index (Phi) is 8.63. The summed E-state index contributed by atoms with van der Waals surface area (Å²) in [4.78, 5) is 0. The summed E-state index contributed by atoms with van der Waals surface area (Å²) in [6.45, 7) is -0.872. The van der Waals surface area contributed by atoms with Crippen LogP contribution in [0.15, 0.2) is 72.8 Å². The van der Waals surface area contributed by atoms with Crippen LogP contribution >= 0.6 is 0 Å². The summed E-state index contributed by atoms with van der Waals surface area (Å²) in [6, 6.07) is 21.8. The molecule has 1 nitrogen and oxygen atoms in total. The van der Waals surface area contributed by atoms with Crippen molar-refractivity contribution in [3.63, 3.8) is 0 Å². The smallest absolute Gasteiger partial charge is 0.387 e. The Morgan fingerprint density at radius 2 is 1.44 bits per heavy atom. The number of fused-ring (bicyclic) bond motifs is 1. The van der Waals surface area contributed by atoms with Gasteiger partial charge in [-0.1, -0.05) is 80.8 Å². The van der Waals surface area contributed by atoms with Gasteiger partial charge in [0, 0.05) is 5.39 Å². The van der Waals surface area contributed by atoms with Gasteiger partial charge in [-0.2, -0.15) is 8.78 Å². The van der Waals surface area contributed by atoms with Crippen LogP contribution < -0.4 is 4.74 Å². The molecule has 0 aliphatic heterocycles. The van der Waals surface area contributed by atoms with Crippen molar-refractivity contribution in [1.82, 2.24) is 0 Å². The van der Waals surface area contributed by atoms with Gasteiger partial charge in [-0.15, -0.1) is 0 Å². The van der Waals surface area contributed by atoms with Crippen molar-refractivity contribution in [3.8, 4) is 16.9 Å². The molecular formula is C31H30F4O. The molecule has 188 valence electrons. The number of rotatable bonds is 11. The van der Waals surface area contributed by atoms with E-state index in [0.717, 1.165) is 29.0 Å². The fraction of sp³-hybridized carbons (Fsp3) is 0.290. The SMILES string of the molecule is CCCCCCc1ccc(-c2ccc3c(F)c(CCc4ccc(OC(F)F)c(F)c4)ccc3c2)cc1. The minimum atomic E-state index is -3.09. The number of alkyl halides is 2. The molecule has 0 aliphatic rings. The molecule has 0 atom stereocenters. The van der Waals surface area contributed by atoms with Gasteiger partial charge in [-0.05, 0) is 77.1 Å². The Morgan fingerprint density at radius 3 is 2.17 bits per heavy atom. The maximum Gasteiger partial charge on any atom is 0.387 e. The molecule has 0 heterocycles. The van der Waals surface area contributed by atoms with Crippen molar-refractivity contribution >= 4 is 10.8 Å². The second kappa shape index (κ2) is 12.1. The van der Waals surface area contributed by atoms with Gasteiger partial charge in [0.05, 0.1) is 0 Å². The molecule has 4 rings (SSSR count). The van der Waals surface area contributed by atoms with Gasteiger partial charge < -0.3 is 4.74 Å². The fourth-order valence-electron chi connectivity index (χ4n) is 4.50. The van der Waals surface area contributed by atoms with Crippen molar-refractivity contribution in [2.45, 2.75) is 58.5 Å². The quantitative estimate of drug-likeness (QED) is 0.149. The molecule has 4 aromatic carbocycles. The first-order valence-electron chi connectivity index (χ1n) is 12.5. The molecular weight excluding hydrogens is 464 g/mol. The van der Waals surface area contributed by atoms with Crippen LogP contribution in [0.25, 0.3) is 21.9 Å². The van der Waals surface area contributed by atoms with E-state index in [1.54, 1.807) is 12.1 Å². The van der Waals surface area contributed by atoms with E-state index in [4.69, 9.17) is 0 Å². The van der Waals surface area contributed by atoms with Crippen LogP contribution in [0.3, 0.4) is 0 Å². The number of halogens is 4. The first-order chi connectivity index (χ1) is 17.4. The van der Waals surface area contributed by atoms with E-state index in [0.29, 0.717) is 29.4 Å². The molecule has 0 fully saturated rings. The highest BCUT2D eigenvalue weighted by molar-refractivity contribution is 5.88. The zero-order valence-electron chi connectivity index (χ0n) is 20.4. The first kappa shape index (κ1) is 25.7. The van der Waals surface area contributed by atoms with Crippen LogP contribution in [0.2, 0.25) is 0 Å². The van der Waals surface area contributed by atoms with Gasteiger partial charge in [-0.25, -0.2) is 8.78 Å². The van der Waals surface area contributed by atoms with Crippen molar-refractivity contribution in [2.75, 3.05) is 0 Å². The Balaban J connectivity index is 1.44. The molecule has 36 heavy (non-hydrogen) atoms. The largest absolute Gasteiger partial charge is 0.432 e. The molecule has 0 spiro atoms. The van der Waals surface area contributed by atoms with E-state index in [1.807, 2.05) is 18.2 Å². The van der Waals surface area contributed by atoms with Crippen LogP contribution in [0, 0.1) is 11.6 Å². The summed E-state index contributed by atoms with van der Waals surface area (Å²) in [5.74, 6) is -1.65. The topological polar surface area (TPSA) is 9.23 Å². The molecule has 0 saturated heterocycles. The third-order valence-electron chi connectivity index (χ3n) is 6.54. The van der Waals surface area contributed by atoms with E-state index in [-0.39, 0.29) is 5.82 Å². The lowest BCUT2D eigenvalue weighted by molar-refractivity contribution is -0.0522. The van der Waals surface area contributed by atoms with E-state index >= 15 is 4.39 Å². The molecule has 0 amide bonds. The van der Waals surface area contributed by atoms with Crippen LogP contribution in [0.1, 0.15) is 49.3 Å². The normalized spacial score (nSPS) is 11.4. The monoisotopic (exact) mass is 494 g/mol. The van der Waals surface area contributed by atoms with E-state index < -0.39 is 18.2 Å². The van der Waals surface area contributed by atoms with Crippen molar-refractivity contribution in [1.29, 1.82) is 0 Å². The van der Waals surface area contributed by atoms with E-state index in [1.165, 1.54) is 43.4 Å². The fourth-order valence-corrected chi connectivity index (χ4v) is 4.50. The highest BCUT2D eigenvalue weighted by atomic mass is 19.3. The number of ether oxygens (including phenoxy) is 1. The summed E-state index contributed by atoms with van der Waals surface area (Å²) >= 11 is 0. The summed E-state index contributed by atoms with van der Waals surface area (Å²) in [5.41, 5.74) is 4.57. The molecule has 0 radical (unpaired) electrons. The van der Waals surface area contributed by atoms with Crippen molar-refractivity contribution < 1.29 is 22.3 Å². The third kappa shape index (κ3) is 6.45. The number of hydrogen-bond acceptors (Lipinski definition) is 1. The number of unbranched alkanes of at least 4 members (excludes halogenated alkanes) is 3. The Hall–Kier alpha value is -3.34. The average molecular weight is 495 g/mol. The summed E-state index contributed by atoms with van der Waals surface area (Å²) in [7, 11) is 0. The predicted octanol–water partition coefficient (Wildman–Crippen LogP) is 9.29. The lowest BCUT2D eigenvalue weighted by atomic mass is 9.96.